The summed E-state index contributed by atoms with van der Waals surface area (Å²) in [4.78, 5) is 11.0. The summed E-state index contributed by atoms with van der Waals surface area (Å²) in [5.41, 5.74) is -4.90. The van der Waals surface area contributed by atoms with Gasteiger partial charge in [-0.3, -0.25) is 10.1 Å². The molecule has 4 rings (SSSR count). The standard InChI is InChI=1S/C17H24F6N2O2/c1-10(26)25-15(16(18,19)20,17(21,22)23)24-2-3-27-14-7-11-4-12(8-14)6-13(5-11)9-14/h11-13,24H,2-9H2,1H3,(H,25,26). The van der Waals surface area contributed by atoms with Crippen LogP contribution in [0, 0.1) is 17.8 Å². The molecule has 0 heterocycles. The molecular weight excluding hydrogens is 378 g/mol. The molecule has 0 saturated heterocycles. The van der Waals surface area contributed by atoms with Gasteiger partial charge in [0.25, 0.3) is 5.66 Å². The first kappa shape index (κ1) is 20.7. The minimum absolute atomic E-state index is 0.278. The molecule has 0 aromatic carbocycles. The van der Waals surface area contributed by atoms with Crippen molar-refractivity contribution in [3.63, 3.8) is 0 Å². The van der Waals surface area contributed by atoms with Crippen molar-refractivity contribution in [2.75, 3.05) is 13.2 Å². The highest BCUT2D eigenvalue weighted by atomic mass is 19.4. The highest BCUT2D eigenvalue weighted by Gasteiger charge is 2.71. The highest BCUT2D eigenvalue weighted by Crippen LogP contribution is 2.57. The lowest BCUT2D eigenvalue weighted by Crippen LogP contribution is -2.75. The quantitative estimate of drug-likeness (QED) is 0.406. The number of hydrogen-bond donors (Lipinski definition) is 2. The monoisotopic (exact) mass is 402 g/mol. The molecule has 4 bridgehead atoms. The Labute approximate surface area is 153 Å². The van der Waals surface area contributed by atoms with E-state index in [9.17, 15) is 31.1 Å². The van der Waals surface area contributed by atoms with Crippen LogP contribution >= 0.6 is 0 Å². The Morgan fingerprint density at radius 2 is 1.41 bits per heavy atom. The minimum atomic E-state index is -5.75. The van der Waals surface area contributed by atoms with E-state index in [4.69, 9.17) is 4.74 Å². The van der Waals surface area contributed by atoms with Crippen LogP contribution in [0.4, 0.5) is 26.3 Å². The van der Waals surface area contributed by atoms with E-state index in [2.05, 4.69) is 0 Å². The van der Waals surface area contributed by atoms with Gasteiger partial charge in [0.15, 0.2) is 0 Å². The molecule has 10 heteroatoms. The lowest BCUT2D eigenvalue weighted by molar-refractivity contribution is -0.316. The number of amides is 1. The van der Waals surface area contributed by atoms with E-state index in [1.54, 1.807) is 0 Å². The fraction of sp³-hybridized carbons (Fsp3) is 0.941. The van der Waals surface area contributed by atoms with Crippen LogP contribution in [0.5, 0.6) is 0 Å². The van der Waals surface area contributed by atoms with Gasteiger partial charge in [-0.15, -0.1) is 0 Å². The first-order valence-corrected chi connectivity index (χ1v) is 9.17. The fourth-order valence-electron chi connectivity index (χ4n) is 5.53. The highest BCUT2D eigenvalue weighted by molar-refractivity contribution is 5.74. The molecule has 0 aromatic heterocycles. The maximum atomic E-state index is 13.2. The van der Waals surface area contributed by atoms with Crippen molar-refractivity contribution < 1.29 is 35.9 Å². The van der Waals surface area contributed by atoms with Gasteiger partial charge in [0, 0.05) is 13.5 Å². The molecule has 27 heavy (non-hydrogen) atoms. The van der Waals surface area contributed by atoms with Crippen LogP contribution < -0.4 is 10.6 Å². The van der Waals surface area contributed by atoms with Gasteiger partial charge in [-0.05, 0) is 56.3 Å². The molecule has 0 aliphatic heterocycles. The van der Waals surface area contributed by atoms with Gasteiger partial charge in [-0.1, -0.05) is 0 Å². The van der Waals surface area contributed by atoms with Crippen LogP contribution in [-0.4, -0.2) is 42.7 Å². The van der Waals surface area contributed by atoms with Gasteiger partial charge in [0.2, 0.25) is 5.91 Å². The number of ether oxygens (including phenoxy) is 1. The Hall–Kier alpha value is -1.03. The van der Waals surface area contributed by atoms with Crippen molar-refractivity contribution in [3.05, 3.63) is 0 Å². The first-order valence-electron chi connectivity index (χ1n) is 9.17. The van der Waals surface area contributed by atoms with Crippen LogP contribution in [0.15, 0.2) is 0 Å². The van der Waals surface area contributed by atoms with E-state index in [0.29, 0.717) is 24.7 Å². The predicted molar refractivity (Wildman–Crippen MR) is 83.5 cm³/mol. The zero-order valence-corrected chi connectivity index (χ0v) is 15.0. The Kier molecular flexibility index (Phi) is 5.20. The lowest BCUT2D eigenvalue weighted by Gasteiger charge is -2.56. The normalized spacial score (nSPS) is 33.4. The average molecular weight is 402 g/mol. The molecule has 0 spiro atoms. The molecule has 4 aliphatic carbocycles. The third-order valence-electron chi connectivity index (χ3n) is 6.10. The summed E-state index contributed by atoms with van der Waals surface area (Å²) in [5.74, 6) is 0.216. The minimum Gasteiger partial charge on any atom is -0.374 e. The van der Waals surface area contributed by atoms with Crippen LogP contribution in [0.2, 0.25) is 0 Å². The molecule has 2 N–H and O–H groups in total. The Morgan fingerprint density at radius 1 is 0.963 bits per heavy atom. The average Bonchev–Trinajstić information content (AvgIpc) is 2.46. The van der Waals surface area contributed by atoms with Crippen molar-refractivity contribution in [1.82, 2.24) is 10.6 Å². The SMILES string of the molecule is CC(=O)NC(NCCOC12CC3CC(CC(C3)C1)C2)(C(F)(F)F)C(F)(F)F. The second kappa shape index (κ2) is 6.79. The van der Waals surface area contributed by atoms with E-state index in [0.717, 1.165) is 43.8 Å². The van der Waals surface area contributed by atoms with E-state index in [-0.39, 0.29) is 6.61 Å². The molecule has 4 aliphatic rings. The van der Waals surface area contributed by atoms with Crippen LogP contribution in [0.1, 0.15) is 45.4 Å². The topological polar surface area (TPSA) is 50.4 Å². The van der Waals surface area contributed by atoms with Crippen LogP contribution in [-0.2, 0) is 9.53 Å². The van der Waals surface area contributed by atoms with Gasteiger partial charge in [0.05, 0.1) is 12.2 Å². The number of halogens is 6. The Morgan fingerprint density at radius 3 is 1.78 bits per heavy atom. The Bertz CT molecular complexity index is 525. The summed E-state index contributed by atoms with van der Waals surface area (Å²) in [6, 6.07) is 0. The second-order valence-electron chi connectivity index (χ2n) is 8.30. The van der Waals surface area contributed by atoms with Gasteiger partial charge < -0.3 is 10.1 Å². The fourth-order valence-corrected chi connectivity index (χ4v) is 5.53. The smallest absolute Gasteiger partial charge is 0.374 e. The molecule has 4 saturated carbocycles. The number of rotatable bonds is 6. The summed E-state index contributed by atoms with van der Waals surface area (Å²) < 4.78 is 85.3. The summed E-state index contributed by atoms with van der Waals surface area (Å²) in [6.07, 6.45) is -5.58. The van der Waals surface area contributed by atoms with Gasteiger partial charge in [0.1, 0.15) is 0 Å². The zero-order chi connectivity index (χ0) is 20.1. The summed E-state index contributed by atoms with van der Waals surface area (Å²) >= 11 is 0. The van der Waals surface area contributed by atoms with Crippen molar-refractivity contribution >= 4 is 5.91 Å². The van der Waals surface area contributed by atoms with Crippen LogP contribution in [0.3, 0.4) is 0 Å². The number of hydrogen-bond acceptors (Lipinski definition) is 3. The van der Waals surface area contributed by atoms with Gasteiger partial charge in [-0.25, -0.2) is 0 Å². The molecule has 4 fully saturated rings. The lowest BCUT2D eigenvalue weighted by atomic mass is 9.54. The van der Waals surface area contributed by atoms with Crippen molar-refractivity contribution in [2.45, 2.75) is 69.1 Å². The number of carbonyl (C=O) groups is 1. The zero-order valence-electron chi connectivity index (χ0n) is 15.0. The van der Waals surface area contributed by atoms with Gasteiger partial charge in [-0.2, -0.15) is 26.3 Å². The van der Waals surface area contributed by atoms with E-state index >= 15 is 0 Å². The number of nitrogens with one attached hydrogen (secondary N) is 2. The second-order valence-corrected chi connectivity index (χ2v) is 8.30. The summed E-state index contributed by atoms with van der Waals surface area (Å²) in [6.45, 7) is -0.347. The molecule has 0 radical (unpaired) electrons. The third kappa shape index (κ3) is 3.92. The maximum absolute atomic E-state index is 13.2. The largest absolute Gasteiger partial charge is 0.434 e. The maximum Gasteiger partial charge on any atom is 0.434 e. The van der Waals surface area contributed by atoms with Gasteiger partial charge >= 0.3 is 12.4 Å². The van der Waals surface area contributed by atoms with Crippen molar-refractivity contribution in [3.8, 4) is 0 Å². The van der Waals surface area contributed by atoms with Crippen LogP contribution in [0.25, 0.3) is 0 Å². The molecular formula is C17H24F6N2O2. The molecule has 0 aromatic rings. The van der Waals surface area contributed by atoms with Crippen molar-refractivity contribution in [1.29, 1.82) is 0 Å². The summed E-state index contributed by atoms with van der Waals surface area (Å²) in [7, 11) is 0. The van der Waals surface area contributed by atoms with E-state index in [1.807, 2.05) is 0 Å². The van der Waals surface area contributed by atoms with Crippen molar-refractivity contribution in [2.24, 2.45) is 17.8 Å². The number of alkyl halides is 6. The molecule has 156 valence electrons. The molecule has 1 amide bonds. The molecule has 4 nitrogen and oxygen atoms in total. The molecule has 0 atom stereocenters. The molecule has 0 unspecified atom stereocenters. The Balaban J connectivity index is 1.63. The first-order chi connectivity index (χ1) is 12.4. The predicted octanol–water partition coefficient (Wildman–Crippen LogP) is 3.52. The van der Waals surface area contributed by atoms with E-state index in [1.165, 1.54) is 5.32 Å². The van der Waals surface area contributed by atoms with E-state index < -0.39 is 36.1 Å². The summed E-state index contributed by atoms with van der Waals surface area (Å²) in [5, 5.41) is 2.48. The number of carbonyl (C=O) groups excluding carboxylic acids is 1. The third-order valence-corrected chi connectivity index (χ3v) is 6.10.